The molecule has 0 saturated heterocycles. The highest BCUT2D eigenvalue weighted by Gasteiger charge is 2.28. The van der Waals surface area contributed by atoms with E-state index in [-0.39, 0.29) is 11.9 Å². The predicted octanol–water partition coefficient (Wildman–Crippen LogP) is 2.01. The molecule has 4 heteroatoms. The number of nitrogens with two attached hydrogens (primary N) is 1. The Labute approximate surface area is 93.8 Å². The molecule has 1 aliphatic rings. The fourth-order valence-corrected chi connectivity index (χ4v) is 2.15. The number of benzene rings is 1. The van der Waals surface area contributed by atoms with E-state index < -0.39 is 0 Å². The Morgan fingerprint density at radius 1 is 1.53 bits per heavy atom. The van der Waals surface area contributed by atoms with Crippen LogP contribution in [0, 0.1) is 6.92 Å². The molecule has 0 aromatic heterocycles. The monoisotopic (exact) mass is 224 g/mol. The highest BCUT2D eigenvalue weighted by molar-refractivity contribution is 6.32. The molecule has 3 nitrogen and oxygen atoms in total. The van der Waals surface area contributed by atoms with Crippen molar-refractivity contribution in [3.63, 3.8) is 0 Å². The largest absolute Gasteiger partial charge is 0.323 e. The average Bonchev–Trinajstić information content (AvgIpc) is 2.19. The number of anilines is 1. The summed E-state index contributed by atoms with van der Waals surface area (Å²) in [5.41, 5.74) is 8.71. The van der Waals surface area contributed by atoms with E-state index in [1.54, 1.807) is 11.9 Å². The molecule has 1 amide bonds. The van der Waals surface area contributed by atoms with Crippen LogP contribution in [0.5, 0.6) is 0 Å². The summed E-state index contributed by atoms with van der Waals surface area (Å²) in [5, 5.41) is 0.669. The van der Waals surface area contributed by atoms with Crippen molar-refractivity contribution in [3.8, 4) is 0 Å². The molecule has 0 aliphatic carbocycles. The highest BCUT2D eigenvalue weighted by atomic mass is 35.5. The summed E-state index contributed by atoms with van der Waals surface area (Å²) in [4.78, 5) is 13.3. The van der Waals surface area contributed by atoms with Gasteiger partial charge >= 0.3 is 0 Å². The van der Waals surface area contributed by atoms with Gasteiger partial charge in [-0.3, -0.25) is 4.79 Å². The van der Waals surface area contributed by atoms with Crippen LogP contribution in [0.15, 0.2) is 12.1 Å². The van der Waals surface area contributed by atoms with Crippen molar-refractivity contribution < 1.29 is 4.79 Å². The summed E-state index contributed by atoms with van der Waals surface area (Å²) in [6, 6.07) is 3.52. The van der Waals surface area contributed by atoms with Gasteiger partial charge in [-0.05, 0) is 24.1 Å². The minimum absolute atomic E-state index is 0.0420. The van der Waals surface area contributed by atoms with Gasteiger partial charge in [-0.15, -0.1) is 0 Å². The van der Waals surface area contributed by atoms with Gasteiger partial charge in [-0.1, -0.05) is 17.7 Å². The summed E-state index contributed by atoms with van der Waals surface area (Å²) in [6.45, 7) is 1.91. The molecule has 1 atom stereocenters. The molecule has 15 heavy (non-hydrogen) atoms. The third kappa shape index (κ3) is 1.52. The predicted molar refractivity (Wildman–Crippen MR) is 61.1 cm³/mol. The molecular weight excluding hydrogens is 212 g/mol. The first-order valence-corrected chi connectivity index (χ1v) is 5.21. The van der Waals surface area contributed by atoms with E-state index in [9.17, 15) is 4.79 Å². The second-order valence-electron chi connectivity index (χ2n) is 3.87. The number of hydrogen-bond donors (Lipinski definition) is 1. The molecule has 0 saturated carbocycles. The molecule has 1 aromatic carbocycles. The molecule has 2 N–H and O–H groups in total. The van der Waals surface area contributed by atoms with Crippen LogP contribution in [0.4, 0.5) is 5.69 Å². The van der Waals surface area contributed by atoms with Crippen molar-refractivity contribution in [2.24, 2.45) is 5.73 Å². The molecule has 2 rings (SSSR count). The van der Waals surface area contributed by atoms with Crippen LogP contribution in [0.3, 0.4) is 0 Å². The maximum absolute atomic E-state index is 11.6. The summed E-state index contributed by atoms with van der Waals surface area (Å²) in [6.07, 6.45) is 0.366. The van der Waals surface area contributed by atoms with Gasteiger partial charge in [0.05, 0.1) is 5.69 Å². The zero-order chi connectivity index (χ0) is 11.2. The molecule has 0 radical (unpaired) electrons. The zero-order valence-electron chi connectivity index (χ0n) is 8.75. The molecule has 1 aromatic rings. The lowest BCUT2D eigenvalue weighted by molar-refractivity contribution is -0.119. The van der Waals surface area contributed by atoms with E-state index in [0.29, 0.717) is 11.4 Å². The highest BCUT2D eigenvalue weighted by Crippen LogP contribution is 2.37. The van der Waals surface area contributed by atoms with E-state index in [1.807, 2.05) is 19.1 Å². The Morgan fingerprint density at radius 3 is 2.87 bits per heavy atom. The van der Waals surface area contributed by atoms with Gasteiger partial charge in [-0.25, -0.2) is 0 Å². The molecule has 0 bridgehead atoms. The summed E-state index contributed by atoms with van der Waals surface area (Å²) >= 11 is 6.03. The van der Waals surface area contributed by atoms with Crippen molar-refractivity contribution in [2.45, 2.75) is 19.4 Å². The number of carbonyl (C=O) groups is 1. The van der Waals surface area contributed by atoms with Crippen molar-refractivity contribution >= 4 is 23.2 Å². The van der Waals surface area contributed by atoms with E-state index in [0.717, 1.165) is 16.8 Å². The number of rotatable bonds is 0. The van der Waals surface area contributed by atoms with Crippen molar-refractivity contribution in [3.05, 3.63) is 28.3 Å². The Hall–Kier alpha value is -1.06. The van der Waals surface area contributed by atoms with Crippen LogP contribution in [-0.4, -0.2) is 13.0 Å². The maximum Gasteiger partial charge on any atom is 0.228 e. The molecule has 1 aliphatic heterocycles. The van der Waals surface area contributed by atoms with Crippen LogP contribution in [0.1, 0.15) is 23.6 Å². The van der Waals surface area contributed by atoms with Crippen molar-refractivity contribution in [1.82, 2.24) is 0 Å². The second-order valence-corrected chi connectivity index (χ2v) is 4.28. The minimum atomic E-state index is -0.209. The summed E-state index contributed by atoms with van der Waals surface area (Å²) in [7, 11) is 1.76. The lowest BCUT2D eigenvalue weighted by Crippen LogP contribution is -2.36. The molecular formula is C11H13ClN2O. The van der Waals surface area contributed by atoms with Crippen LogP contribution in [-0.2, 0) is 4.79 Å². The summed E-state index contributed by atoms with van der Waals surface area (Å²) < 4.78 is 0. The fourth-order valence-electron chi connectivity index (χ4n) is 2.00. The lowest BCUT2D eigenvalue weighted by atomic mass is 9.94. The van der Waals surface area contributed by atoms with E-state index in [2.05, 4.69) is 0 Å². The first kappa shape index (κ1) is 10.5. The SMILES string of the molecule is Cc1c(Cl)ccc2c1N(C)C(=O)CC2N. The first-order chi connectivity index (χ1) is 7.02. The maximum atomic E-state index is 11.6. The zero-order valence-corrected chi connectivity index (χ0v) is 9.51. The third-order valence-corrected chi connectivity index (χ3v) is 3.31. The van der Waals surface area contributed by atoms with Gasteiger partial charge in [0, 0.05) is 24.5 Å². The molecule has 80 valence electrons. The first-order valence-electron chi connectivity index (χ1n) is 4.83. The Kier molecular flexibility index (Phi) is 2.44. The molecule has 1 unspecified atom stereocenters. The van der Waals surface area contributed by atoms with Crippen molar-refractivity contribution in [2.75, 3.05) is 11.9 Å². The smallest absolute Gasteiger partial charge is 0.228 e. The molecule has 1 heterocycles. The van der Waals surface area contributed by atoms with E-state index >= 15 is 0 Å². The number of hydrogen-bond acceptors (Lipinski definition) is 2. The quantitative estimate of drug-likeness (QED) is 0.733. The van der Waals surface area contributed by atoms with Crippen LogP contribution in [0.2, 0.25) is 5.02 Å². The van der Waals surface area contributed by atoms with Crippen LogP contribution >= 0.6 is 11.6 Å². The van der Waals surface area contributed by atoms with Crippen molar-refractivity contribution in [1.29, 1.82) is 0 Å². The molecule has 0 spiro atoms. The number of amides is 1. The average molecular weight is 225 g/mol. The number of fused-ring (bicyclic) bond motifs is 1. The normalized spacial score (nSPS) is 20.4. The third-order valence-electron chi connectivity index (χ3n) is 2.90. The van der Waals surface area contributed by atoms with Crippen LogP contribution in [0.25, 0.3) is 0 Å². The number of carbonyl (C=O) groups excluding carboxylic acids is 1. The topological polar surface area (TPSA) is 46.3 Å². The molecule has 0 fully saturated rings. The van der Waals surface area contributed by atoms with Gasteiger partial charge in [0.1, 0.15) is 0 Å². The van der Waals surface area contributed by atoms with Crippen LogP contribution < -0.4 is 10.6 Å². The van der Waals surface area contributed by atoms with Gasteiger partial charge in [0.2, 0.25) is 5.91 Å². The standard InChI is InChI=1S/C11H13ClN2O/c1-6-8(12)4-3-7-9(13)5-10(15)14(2)11(6)7/h3-4,9H,5,13H2,1-2H3. The lowest BCUT2D eigenvalue weighted by Gasteiger charge is -2.31. The Bertz CT molecular complexity index is 431. The van der Waals surface area contributed by atoms with Gasteiger partial charge in [-0.2, -0.15) is 0 Å². The minimum Gasteiger partial charge on any atom is -0.323 e. The fraction of sp³-hybridized carbons (Fsp3) is 0.364. The second kappa shape index (κ2) is 3.51. The van der Waals surface area contributed by atoms with Gasteiger partial charge < -0.3 is 10.6 Å². The number of nitrogens with zero attached hydrogens (tertiary/aromatic N) is 1. The number of halogens is 1. The van der Waals surface area contributed by atoms with E-state index in [1.165, 1.54) is 0 Å². The Balaban J connectivity index is 2.66. The summed E-state index contributed by atoms with van der Waals surface area (Å²) in [5.74, 6) is 0.0420. The van der Waals surface area contributed by atoms with Gasteiger partial charge in [0.25, 0.3) is 0 Å². The van der Waals surface area contributed by atoms with Gasteiger partial charge in [0.15, 0.2) is 0 Å². The Morgan fingerprint density at radius 2 is 2.20 bits per heavy atom. The van der Waals surface area contributed by atoms with E-state index in [4.69, 9.17) is 17.3 Å².